The molecule has 0 aliphatic carbocycles. The maximum atomic E-state index is 11.5. The molecular formula is C10H19N3O4. The highest BCUT2D eigenvalue weighted by Crippen LogP contribution is 2.03. The summed E-state index contributed by atoms with van der Waals surface area (Å²) in [5.74, 6) is -1.65. The SMILES string of the molecule is CCNC(=O)NC(=O)C(C)NC(C)(C)C(=O)O. The van der Waals surface area contributed by atoms with Gasteiger partial charge in [0, 0.05) is 6.54 Å². The fourth-order valence-electron chi connectivity index (χ4n) is 1.09. The zero-order valence-electron chi connectivity index (χ0n) is 10.5. The number of carbonyl (C=O) groups excluding carboxylic acids is 2. The molecule has 98 valence electrons. The Kier molecular flexibility index (Phi) is 5.60. The Morgan fingerprint density at radius 1 is 1.29 bits per heavy atom. The quantitative estimate of drug-likeness (QED) is 0.530. The Balaban J connectivity index is 4.33. The first-order valence-electron chi connectivity index (χ1n) is 5.30. The molecule has 3 amide bonds. The molecule has 4 N–H and O–H groups in total. The average Bonchev–Trinajstić information content (AvgIpc) is 2.16. The van der Waals surface area contributed by atoms with Crippen LogP contribution in [0.25, 0.3) is 0 Å². The highest BCUT2D eigenvalue weighted by Gasteiger charge is 2.30. The first-order valence-corrected chi connectivity index (χ1v) is 5.30. The van der Waals surface area contributed by atoms with E-state index >= 15 is 0 Å². The van der Waals surface area contributed by atoms with Gasteiger partial charge in [0.25, 0.3) is 0 Å². The topological polar surface area (TPSA) is 108 Å². The van der Waals surface area contributed by atoms with Gasteiger partial charge in [0.05, 0.1) is 6.04 Å². The van der Waals surface area contributed by atoms with Crippen molar-refractivity contribution in [1.29, 1.82) is 0 Å². The number of hydrogen-bond donors (Lipinski definition) is 4. The van der Waals surface area contributed by atoms with E-state index in [2.05, 4.69) is 16.0 Å². The van der Waals surface area contributed by atoms with Crippen LogP contribution in [-0.4, -0.2) is 41.1 Å². The molecule has 0 aliphatic rings. The zero-order valence-corrected chi connectivity index (χ0v) is 10.5. The summed E-state index contributed by atoms with van der Waals surface area (Å²) in [5, 5.41) is 16.0. The molecule has 1 atom stereocenters. The van der Waals surface area contributed by atoms with Gasteiger partial charge in [-0.2, -0.15) is 0 Å². The molecule has 1 unspecified atom stereocenters. The van der Waals surface area contributed by atoms with Crippen LogP contribution < -0.4 is 16.0 Å². The number of imide groups is 1. The molecule has 0 radical (unpaired) electrons. The molecule has 0 rings (SSSR count). The summed E-state index contributed by atoms with van der Waals surface area (Å²) in [7, 11) is 0. The van der Waals surface area contributed by atoms with Crippen molar-refractivity contribution in [1.82, 2.24) is 16.0 Å². The Morgan fingerprint density at radius 2 is 1.82 bits per heavy atom. The van der Waals surface area contributed by atoms with Gasteiger partial charge in [0.1, 0.15) is 5.54 Å². The second-order valence-electron chi connectivity index (χ2n) is 4.14. The van der Waals surface area contributed by atoms with Crippen LogP contribution in [0.5, 0.6) is 0 Å². The van der Waals surface area contributed by atoms with Crippen LogP contribution in [0.2, 0.25) is 0 Å². The van der Waals surface area contributed by atoms with Crippen LogP contribution >= 0.6 is 0 Å². The number of carboxylic acids is 1. The van der Waals surface area contributed by atoms with Crippen LogP contribution in [0.4, 0.5) is 4.79 Å². The minimum Gasteiger partial charge on any atom is -0.480 e. The lowest BCUT2D eigenvalue weighted by Crippen LogP contribution is -2.56. The van der Waals surface area contributed by atoms with Gasteiger partial charge in [-0.3, -0.25) is 20.2 Å². The Labute approximate surface area is 100.0 Å². The molecule has 0 aromatic carbocycles. The second-order valence-corrected chi connectivity index (χ2v) is 4.14. The number of amides is 3. The first-order chi connectivity index (χ1) is 7.70. The number of hydrogen-bond acceptors (Lipinski definition) is 4. The van der Waals surface area contributed by atoms with Crippen molar-refractivity contribution in [2.24, 2.45) is 0 Å². The van der Waals surface area contributed by atoms with Gasteiger partial charge in [-0.15, -0.1) is 0 Å². The molecule has 7 nitrogen and oxygen atoms in total. The minimum atomic E-state index is -1.24. The third-order valence-corrected chi connectivity index (χ3v) is 2.08. The summed E-state index contributed by atoms with van der Waals surface area (Å²) in [6.07, 6.45) is 0. The Bertz CT molecular complexity index is 315. The van der Waals surface area contributed by atoms with Crippen molar-refractivity contribution in [3.63, 3.8) is 0 Å². The highest BCUT2D eigenvalue weighted by molar-refractivity contribution is 5.97. The maximum Gasteiger partial charge on any atom is 0.323 e. The molecule has 0 aromatic rings. The first kappa shape index (κ1) is 15.4. The van der Waals surface area contributed by atoms with Crippen molar-refractivity contribution in [3.05, 3.63) is 0 Å². The van der Waals surface area contributed by atoms with Gasteiger partial charge in [-0.25, -0.2) is 4.79 Å². The van der Waals surface area contributed by atoms with Gasteiger partial charge in [-0.05, 0) is 27.7 Å². The van der Waals surface area contributed by atoms with Gasteiger partial charge < -0.3 is 10.4 Å². The molecule has 0 saturated heterocycles. The van der Waals surface area contributed by atoms with Crippen molar-refractivity contribution >= 4 is 17.9 Å². The van der Waals surface area contributed by atoms with E-state index in [9.17, 15) is 14.4 Å². The van der Waals surface area contributed by atoms with Crippen LogP contribution in [0.15, 0.2) is 0 Å². The maximum absolute atomic E-state index is 11.5. The number of urea groups is 1. The van der Waals surface area contributed by atoms with E-state index in [1.54, 1.807) is 6.92 Å². The summed E-state index contributed by atoms with van der Waals surface area (Å²) in [6, 6.07) is -1.39. The summed E-state index contributed by atoms with van der Waals surface area (Å²) in [5.41, 5.74) is -1.24. The van der Waals surface area contributed by atoms with Crippen LogP contribution in [0.3, 0.4) is 0 Å². The van der Waals surface area contributed by atoms with Crippen LogP contribution in [0.1, 0.15) is 27.7 Å². The summed E-state index contributed by atoms with van der Waals surface area (Å²) in [6.45, 7) is 6.48. The van der Waals surface area contributed by atoms with Gasteiger partial charge in [0.2, 0.25) is 5.91 Å². The highest BCUT2D eigenvalue weighted by atomic mass is 16.4. The molecule has 7 heteroatoms. The smallest absolute Gasteiger partial charge is 0.323 e. The van der Waals surface area contributed by atoms with E-state index in [4.69, 9.17) is 5.11 Å². The Morgan fingerprint density at radius 3 is 2.24 bits per heavy atom. The molecule has 0 spiro atoms. The largest absolute Gasteiger partial charge is 0.480 e. The predicted molar refractivity (Wildman–Crippen MR) is 61.5 cm³/mol. The van der Waals surface area contributed by atoms with Crippen LogP contribution in [0, 0.1) is 0 Å². The summed E-state index contributed by atoms with van der Waals surface area (Å²) < 4.78 is 0. The second kappa shape index (κ2) is 6.19. The molecule has 0 saturated carbocycles. The normalized spacial score (nSPS) is 12.7. The van der Waals surface area contributed by atoms with E-state index in [0.29, 0.717) is 6.54 Å². The van der Waals surface area contributed by atoms with E-state index in [1.807, 2.05) is 0 Å². The number of rotatable bonds is 5. The molecule has 0 fully saturated rings. The zero-order chi connectivity index (χ0) is 13.6. The minimum absolute atomic E-state index is 0.404. The third kappa shape index (κ3) is 5.30. The number of nitrogens with one attached hydrogen (secondary N) is 3. The predicted octanol–water partition coefficient (Wildman–Crippen LogP) is -0.327. The molecule has 0 heterocycles. The van der Waals surface area contributed by atoms with Crippen molar-refractivity contribution < 1.29 is 19.5 Å². The van der Waals surface area contributed by atoms with Crippen molar-refractivity contribution in [3.8, 4) is 0 Å². The summed E-state index contributed by atoms with van der Waals surface area (Å²) >= 11 is 0. The fourth-order valence-corrected chi connectivity index (χ4v) is 1.09. The van der Waals surface area contributed by atoms with E-state index in [-0.39, 0.29) is 0 Å². The summed E-state index contributed by atoms with van der Waals surface area (Å²) in [4.78, 5) is 33.4. The van der Waals surface area contributed by atoms with Crippen molar-refractivity contribution in [2.75, 3.05) is 6.54 Å². The Hall–Kier alpha value is -1.63. The average molecular weight is 245 g/mol. The molecule has 17 heavy (non-hydrogen) atoms. The molecular weight excluding hydrogens is 226 g/mol. The van der Waals surface area contributed by atoms with Crippen molar-refractivity contribution in [2.45, 2.75) is 39.3 Å². The van der Waals surface area contributed by atoms with Gasteiger partial charge >= 0.3 is 12.0 Å². The van der Waals surface area contributed by atoms with Crippen LogP contribution in [-0.2, 0) is 9.59 Å². The van der Waals surface area contributed by atoms with E-state index < -0.39 is 29.5 Å². The lowest BCUT2D eigenvalue weighted by molar-refractivity contribution is -0.144. The molecule has 0 aliphatic heterocycles. The standard InChI is InChI=1S/C10H19N3O4/c1-5-11-9(17)12-7(14)6(2)13-10(3,4)8(15)16/h6,13H,5H2,1-4H3,(H,15,16)(H2,11,12,14,17). The monoisotopic (exact) mass is 245 g/mol. The third-order valence-electron chi connectivity index (χ3n) is 2.08. The van der Waals surface area contributed by atoms with Gasteiger partial charge in [-0.1, -0.05) is 0 Å². The number of carbonyl (C=O) groups is 3. The lowest BCUT2D eigenvalue weighted by Gasteiger charge is -2.25. The van der Waals surface area contributed by atoms with E-state index in [1.165, 1.54) is 20.8 Å². The number of aliphatic carboxylic acids is 1. The van der Waals surface area contributed by atoms with E-state index in [0.717, 1.165) is 0 Å². The lowest BCUT2D eigenvalue weighted by atomic mass is 10.0. The fraction of sp³-hybridized carbons (Fsp3) is 0.700. The number of carboxylic acid groups (broad SMARTS) is 1. The van der Waals surface area contributed by atoms with Gasteiger partial charge in [0.15, 0.2) is 0 Å². The molecule has 0 aromatic heterocycles. The molecule has 0 bridgehead atoms.